The van der Waals surface area contributed by atoms with Crippen LogP contribution in [-0.2, 0) is 20.9 Å². The molecule has 2 amide bonds. The highest BCUT2D eigenvalue weighted by atomic mass is 35.5. The quantitative estimate of drug-likeness (QED) is 0.660. The molecule has 2 aromatic rings. The second kappa shape index (κ2) is 9.91. The number of rotatable bonds is 6. The number of hydrogen-bond acceptors (Lipinski definition) is 4. The van der Waals surface area contributed by atoms with Crippen molar-refractivity contribution in [2.75, 3.05) is 39.9 Å². The predicted octanol–water partition coefficient (Wildman–Crippen LogP) is 2.53. The SMILES string of the molecule is Cc1nn(Cc2ccccc2Cl)c(C)c1C=CC(=O)N(C)CC(=O)N1CCOCC1. The molecule has 1 aliphatic heterocycles. The number of halogens is 1. The molecule has 160 valence electrons. The smallest absolute Gasteiger partial charge is 0.246 e. The molecule has 0 bridgehead atoms. The normalized spacial score (nSPS) is 14.3. The van der Waals surface area contributed by atoms with E-state index in [1.54, 1.807) is 18.0 Å². The van der Waals surface area contributed by atoms with Gasteiger partial charge in [0.2, 0.25) is 11.8 Å². The predicted molar refractivity (Wildman–Crippen MR) is 116 cm³/mol. The number of carbonyl (C=O) groups is 2. The maximum absolute atomic E-state index is 12.5. The Morgan fingerprint density at radius 3 is 2.63 bits per heavy atom. The van der Waals surface area contributed by atoms with Gasteiger partial charge in [0.25, 0.3) is 0 Å². The van der Waals surface area contributed by atoms with Gasteiger partial charge < -0.3 is 14.5 Å². The van der Waals surface area contributed by atoms with Crippen LogP contribution in [0.3, 0.4) is 0 Å². The van der Waals surface area contributed by atoms with E-state index in [1.165, 1.54) is 11.0 Å². The fourth-order valence-corrected chi connectivity index (χ4v) is 3.56. The molecule has 1 aromatic carbocycles. The molecule has 1 aliphatic rings. The molecule has 0 unspecified atom stereocenters. The second-order valence-corrected chi connectivity index (χ2v) is 7.76. The van der Waals surface area contributed by atoms with Crippen molar-refractivity contribution < 1.29 is 14.3 Å². The minimum Gasteiger partial charge on any atom is -0.378 e. The highest BCUT2D eigenvalue weighted by Gasteiger charge is 2.19. The van der Waals surface area contributed by atoms with Crippen LogP contribution in [0.4, 0.5) is 0 Å². The molecule has 1 aromatic heterocycles. The van der Waals surface area contributed by atoms with E-state index in [0.29, 0.717) is 37.9 Å². The third kappa shape index (κ3) is 5.29. The highest BCUT2D eigenvalue weighted by Crippen LogP contribution is 2.20. The monoisotopic (exact) mass is 430 g/mol. The molecule has 0 atom stereocenters. The van der Waals surface area contributed by atoms with Crippen molar-refractivity contribution in [3.63, 3.8) is 0 Å². The molecule has 8 heteroatoms. The standard InChI is InChI=1S/C22H27ClN4O3/c1-16-19(17(2)27(24-16)14-18-6-4-5-7-20(18)23)8-9-21(28)25(3)15-22(29)26-10-12-30-13-11-26/h4-9H,10-15H2,1-3H3. The van der Waals surface area contributed by atoms with E-state index in [9.17, 15) is 9.59 Å². The van der Waals surface area contributed by atoms with Crippen LogP contribution in [0.1, 0.15) is 22.5 Å². The van der Waals surface area contributed by atoms with Gasteiger partial charge in [-0.05, 0) is 31.6 Å². The minimum absolute atomic E-state index is 0.0485. The van der Waals surface area contributed by atoms with Crippen molar-refractivity contribution in [2.24, 2.45) is 0 Å². The molecule has 0 saturated carbocycles. The number of likely N-dealkylation sites (N-methyl/N-ethyl adjacent to an activating group) is 1. The van der Waals surface area contributed by atoms with Gasteiger partial charge in [-0.3, -0.25) is 14.3 Å². The number of amides is 2. The summed E-state index contributed by atoms with van der Waals surface area (Å²) in [6.07, 6.45) is 3.25. The van der Waals surface area contributed by atoms with Gasteiger partial charge in [-0.1, -0.05) is 29.8 Å². The molecule has 0 spiro atoms. The Labute approximate surface area is 181 Å². The molecule has 1 fully saturated rings. The lowest BCUT2D eigenvalue weighted by molar-refractivity contribution is -0.140. The summed E-state index contributed by atoms with van der Waals surface area (Å²) in [5.41, 5.74) is 3.65. The van der Waals surface area contributed by atoms with Crippen LogP contribution in [0.2, 0.25) is 5.02 Å². The van der Waals surface area contributed by atoms with Crippen molar-refractivity contribution in [1.82, 2.24) is 19.6 Å². The third-order valence-electron chi connectivity index (χ3n) is 5.22. The van der Waals surface area contributed by atoms with E-state index in [0.717, 1.165) is 22.5 Å². The maximum Gasteiger partial charge on any atom is 0.246 e. The highest BCUT2D eigenvalue weighted by molar-refractivity contribution is 6.31. The van der Waals surface area contributed by atoms with Crippen LogP contribution in [0.25, 0.3) is 6.08 Å². The van der Waals surface area contributed by atoms with E-state index in [-0.39, 0.29) is 18.4 Å². The van der Waals surface area contributed by atoms with Gasteiger partial charge in [-0.15, -0.1) is 0 Å². The minimum atomic E-state index is -0.228. The summed E-state index contributed by atoms with van der Waals surface area (Å²) in [5.74, 6) is -0.295. The molecular formula is C22H27ClN4O3. The lowest BCUT2D eigenvalue weighted by Gasteiger charge is -2.28. The van der Waals surface area contributed by atoms with Crippen molar-refractivity contribution in [2.45, 2.75) is 20.4 Å². The van der Waals surface area contributed by atoms with Crippen LogP contribution in [0.15, 0.2) is 30.3 Å². The van der Waals surface area contributed by atoms with E-state index in [1.807, 2.05) is 42.8 Å². The number of morpholine rings is 1. The van der Waals surface area contributed by atoms with E-state index in [2.05, 4.69) is 5.10 Å². The molecule has 2 heterocycles. The summed E-state index contributed by atoms with van der Waals surface area (Å²) < 4.78 is 7.14. The summed E-state index contributed by atoms with van der Waals surface area (Å²) in [6.45, 7) is 6.70. The van der Waals surface area contributed by atoms with Crippen LogP contribution in [0.5, 0.6) is 0 Å². The Morgan fingerprint density at radius 1 is 1.23 bits per heavy atom. The number of benzene rings is 1. The molecule has 0 radical (unpaired) electrons. The first-order chi connectivity index (χ1) is 14.4. The van der Waals surface area contributed by atoms with Crippen LogP contribution < -0.4 is 0 Å². The average Bonchev–Trinajstić information content (AvgIpc) is 3.01. The van der Waals surface area contributed by atoms with Crippen LogP contribution in [-0.4, -0.2) is 71.3 Å². The van der Waals surface area contributed by atoms with Crippen LogP contribution >= 0.6 is 11.6 Å². The maximum atomic E-state index is 12.5. The zero-order chi connectivity index (χ0) is 21.7. The zero-order valence-corrected chi connectivity index (χ0v) is 18.4. The molecule has 0 aliphatic carbocycles. The lowest BCUT2D eigenvalue weighted by atomic mass is 10.1. The summed E-state index contributed by atoms with van der Waals surface area (Å²) in [6, 6.07) is 7.67. The fraction of sp³-hybridized carbons (Fsp3) is 0.409. The van der Waals surface area contributed by atoms with Crippen LogP contribution in [0, 0.1) is 13.8 Å². The van der Waals surface area contributed by atoms with Gasteiger partial charge >= 0.3 is 0 Å². The summed E-state index contributed by atoms with van der Waals surface area (Å²) in [5, 5.41) is 5.29. The molecule has 7 nitrogen and oxygen atoms in total. The van der Waals surface area contributed by atoms with Gasteiger partial charge in [0.15, 0.2) is 0 Å². The largest absolute Gasteiger partial charge is 0.378 e. The van der Waals surface area contributed by atoms with Crippen molar-refractivity contribution >= 4 is 29.5 Å². The molecule has 30 heavy (non-hydrogen) atoms. The van der Waals surface area contributed by atoms with Crippen molar-refractivity contribution in [3.05, 3.63) is 57.9 Å². The van der Waals surface area contributed by atoms with E-state index >= 15 is 0 Å². The number of hydrogen-bond donors (Lipinski definition) is 0. The van der Waals surface area contributed by atoms with Crippen molar-refractivity contribution in [3.8, 4) is 0 Å². The number of nitrogens with zero attached hydrogens (tertiary/aromatic N) is 4. The lowest BCUT2D eigenvalue weighted by Crippen LogP contribution is -2.45. The first kappa shape index (κ1) is 22.1. The Hall–Kier alpha value is -2.64. The molecule has 1 saturated heterocycles. The topological polar surface area (TPSA) is 67.7 Å². The molecule has 0 N–H and O–H groups in total. The number of aromatic nitrogens is 2. The van der Waals surface area contributed by atoms with Gasteiger partial charge in [-0.25, -0.2) is 0 Å². The summed E-state index contributed by atoms with van der Waals surface area (Å²) in [4.78, 5) is 28.0. The summed E-state index contributed by atoms with van der Waals surface area (Å²) in [7, 11) is 1.63. The van der Waals surface area contributed by atoms with Crippen molar-refractivity contribution in [1.29, 1.82) is 0 Å². The second-order valence-electron chi connectivity index (χ2n) is 7.35. The summed E-state index contributed by atoms with van der Waals surface area (Å²) >= 11 is 6.27. The fourth-order valence-electron chi connectivity index (χ4n) is 3.37. The number of carbonyl (C=O) groups excluding carboxylic acids is 2. The third-order valence-corrected chi connectivity index (χ3v) is 5.59. The van der Waals surface area contributed by atoms with Gasteiger partial charge in [0, 0.05) is 42.5 Å². The Morgan fingerprint density at radius 2 is 1.93 bits per heavy atom. The molecular weight excluding hydrogens is 404 g/mol. The molecule has 3 rings (SSSR count). The first-order valence-corrected chi connectivity index (χ1v) is 10.3. The van der Waals surface area contributed by atoms with E-state index in [4.69, 9.17) is 16.3 Å². The number of aryl methyl sites for hydroxylation is 1. The van der Waals surface area contributed by atoms with Gasteiger partial charge in [-0.2, -0.15) is 5.10 Å². The Balaban J connectivity index is 1.65. The first-order valence-electron chi connectivity index (χ1n) is 9.93. The number of ether oxygens (including phenoxy) is 1. The van der Waals surface area contributed by atoms with Gasteiger partial charge in [0.05, 0.1) is 32.0 Å². The van der Waals surface area contributed by atoms with E-state index < -0.39 is 0 Å². The van der Waals surface area contributed by atoms with Gasteiger partial charge in [0.1, 0.15) is 0 Å². The Kier molecular flexibility index (Phi) is 7.29. The Bertz CT molecular complexity index is 948. The zero-order valence-electron chi connectivity index (χ0n) is 17.6. The average molecular weight is 431 g/mol.